The summed E-state index contributed by atoms with van der Waals surface area (Å²) in [5.41, 5.74) is 1.61. The maximum atomic E-state index is 14.8. The minimum atomic E-state index is -3.79. The standard InChI is InChI=1S/C27H31Cl2FN2O4S/c1-15(18-9-19(28)11-20(29)10-18)32-21-5-6-22(32)8-16(7-21)14-36-26-13-25(30)24(12-23(26)17-3-4-17)27(33)31-37(2,34)35/h9-13,15-17,21-22H,3-8,14H2,1-2H3,(H,31,33)/t15-,16-,21-,22+/m1/s1. The molecule has 3 fully saturated rings. The molecule has 10 heteroatoms. The first-order valence-electron chi connectivity index (χ1n) is 12.7. The number of ether oxygens (including phenoxy) is 1. The van der Waals surface area contributed by atoms with Gasteiger partial charge in [0.25, 0.3) is 5.91 Å². The average Bonchev–Trinajstić information content (AvgIpc) is 3.60. The highest BCUT2D eigenvalue weighted by atomic mass is 35.5. The van der Waals surface area contributed by atoms with Gasteiger partial charge >= 0.3 is 0 Å². The van der Waals surface area contributed by atoms with Gasteiger partial charge in [-0.05, 0) is 92.7 Å². The molecule has 2 heterocycles. The first-order valence-corrected chi connectivity index (χ1v) is 15.3. The van der Waals surface area contributed by atoms with Gasteiger partial charge in [0.1, 0.15) is 11.6 Å². The number of amides is 1. The fourth-order valence-corrected chi connectivity index (χ4v) is 7.09. The molecule has 2 bridgehead atoms. The number of halogens is 3. The lowest BCUT2D eigenvalue weighted by Gasteiger charge is -2.42. The van der Waals surface area contributed by atoms with Crippen LogP contribution in [0.3, 0.4) is 0 Å². The highest BCUT2D eigenvalue weighted by molar-refractivity contribution is 7.89. The Morgan fingerprint density at radius 2 is 1.70 bits per heavy atom. The van der Waals surface area contributed by atoms with Crippen LogP contribution in [0.5, 0.6) is 5.75 Å². The molecular weight excluding hydrogens is 538 g/mol. The lowest BCUT2D eigenvalue weighted by atomic mass is 9.89. The summed E-state index contributed by atoms with van der Waals surface area (Å²) in [5.74, 6) is -0.763. The summed E-state index contributed by atoms with van der Waals surface area (Å²) >= 11 is 12.5. The maximum absolute atomic E-state index is 14.8. The van der Waals surface area contributed by atoms with Gasteiger partial charge < -0.3 is 4.74 Å². The van der Waals surface area contributed by atoms with Crippen LogP contribution in [0.2, 0.25) is 10.0 Å². The molecule has 200 valence electrons. The van der Waals surface area contributed by atoms with Crippen LogP contribution in [0.15, 0.2) is 30.3 Å². The third kappa shape index (κ3) is 6.08. The lowest BCUT2D eigenvalue weighted by Crippen LogP contribution is -2.45. The molecule has 37 heavy (non-hydrogen) atoms. The molecule has 0 radical (unpaired) electrons. The average molecular weight is 570 g/mol. The second-order valence-electron chi connectivity index (χ2n) is 10.7. The Kier molecular flexibility index (Phi) is 7.48. The van der Waals surface area contributed by atoms with Gasteiger partial charge in [0.2, 0.25) is 10.0 Å². The normalized spacial score (nSPS) is 24.6. The van der Waals surface area contributed by atoms with Gasteiger partial charge in [-0.15, -0.1) is 0 Å². The molecule has 1 aliphatic carbocycles. The zero-order valence-corrected chi connectivity index (χ0v) is 23.2. The number of hydrogen-bond donors (Lipinski definition) is 1. The summed E-state index contributed by atoms with van der Waals surface area (Å²) in [6.07, 6.45) is 6.98. The lowest BCUT2D eigenvalue weighted by molar-refractivity contribution is 0.0492. The minimum Gasteiger partial charge on any atom is -0.493 e. The quantitative estimate of drug-likeness (QED) is 0.417. The van der Waals surface area contributed by atoms with Gasteiger partial charge in [-0.2, -0.15) is 0 Å². The van der Waals surface area contributed by atoms with Gasteiger partial charge in [-0.25, -0.2) is 17.5 Å². The Hall–Kier alpha value is -1.87. The van der Waals surface area contributed by atoms with Crippen LogP contribution in [0, 0.1) is 11.7 Å². The first-order chi connectivity index (χ1) is 17.5. The summed E-state index contributed by atoms with van der Waals surface area (Å²) in [6.45, 7) is 2.68. The van der Waals surface area contributed by atoms with Crippen molar-refractivity contribution in [3.63, 3.8) is 0 Å². The third-order valence-corrected chi connectivity index (χ3v) is 8.81. The van der Waals surface area contributed by atoms with E-state index in [2.05, 4.69) is 11.8 Å². The molecule has 2 aliphatic heterocycles. The van der Waals surface area contributed by atoms with Crippen LogP contribution in [0.4, 0.5) is 4.39 Å². The zero-order valence-electron chi connectivity index (χ0n) is 20.8. The molecule has 5 rings (SSSR count). The van der Waals surface area contributed by atoms with Gasteiger partial charge in [0.15, 0.2) is 0 Å². The molecule has 1 amide bonds. The summed E-state index contributed by atoms with van der Waals surface area (Å²) in [5, 5.41) is 1.28. The molecular formula is C27H31Cl2FN2O4S. The van der Waals surface area contributed by atoms with E-state index < -0.39 is 21.7 Å². The SMILES string of the molecule is C[C@H](c1cc(Cl)cc(Cl)c1)N1[C@@H]2CC[C@H]1C[C@H](COc1cc(F)c(C(=O)NS(C)(=O)=O)cc1C1CC1)C2. The van der Waals surface area contributed by atoms with Gasteiger partial charge in [0.05, 0.1) is 18.4 Å². The highest BCUT2D eigenvalue weighted by Gasteiger charge is 2.43. The number of rotatable bonds is 8. The fourth-order valence-electron chi connectivity index (χ4n) is 6.10. The van der Waals surface area contributed by atoms with Crippen LogP contribution < -0.4 is 9.46 Å². The van der Waals surface area contributed by atoms with E-state index in [1.54, 1.807) is 6.07 Å². The number of benzene rings is 2. The number of nitrogens with zero attached hydrogens (tertiary/aromatic N) is 1. The molecule has 1 N–H and O–H groups in total. The number of carbonyl (C=O) groups is 1. The van der Waals surface area contributed by atoms with E-state index in [0.717, 1.165) is 55.9 Å². The number of piperidine rings is 1. The largest absolute Gasteiger partial charge is 0.493 e. The maximum Gasteiger partial charge on any atom is 0.267 e. The van der Waals surface area contributed by atoms with Crippen LogP contribution in [0.25, 0.3) is 0 Å². The Bertz CT molecular complexity index is 1280. The first kappa shape index (κ1) is 26.7. The predicted molar refractivity (Wildman–Crippen MR) is 142 cm³/mol. The summed E-state index contributed by atoms with van der Waals surface area (Å²) < 4.78 is 45.8. The van der Waals surface area contributed by atoms with Gasteiger partial charge in [-0.3, -0.25) is 9.69 Å². The Balaban J connectivity index is 1.27. The highest BCUT2D eigenvalue weighted by Crippen LogP contribution is 2.47. The minimum absolute atomic E-state index is 0.198. The summed E-state index contributed by atoms with van der Waals surface area (Å²) in [7, 11) is -3.79. The van der Waals surface area contributed by atoms with Gasteiger partial charge in [0, 0.05) is 34.2 Å². The number of sulfonamides is 1. The molecule has 3 aliphatic rings. The fraction of sp³-hybridized carbons (Fsp3) is 0.519. The van der Waals surface area contributed by atoms with Crippen LogP contribution >= 0.6 is 23.2 Å². The van der Waals surface area contributed by atoms with Crippen LogP contribution in [0.1, 0.15) is 78.9 Å². The van der Waals surface area contributed by atoms with Crippen LogP contribution in [-0.2, 0) is 10.0 Å². The second-order valence-corrected chi connectivity index (χ2v) is 13.3. The van der Waals surface area contributed by atoms with E-state index >= 15 is 0 Å². The van der Waals surface area contributed by atoms with Crippen molar-refractivity contribution in [3.8, 4) is 5.75 Å². The molecule has 2 aromatic rings. The Morgan fingerprint density at radius 3 is 2.27 bits per heavy atom. The van der Waals surface area contributed by atoms with Crippen molar-refractivity contribution < 1.29 is 22.3 Å². The third-order valence-electron chi connectivity index (χ3n) is 7.82. The number of carbonyl (C=O) groups excluding carboxylic acids is 1. The van der Waals surface area contributed by atoms with Crippen molar-refractivity contribution in [2.45, 2.75) is 69.5 Å². The number of hydrogen-bond acceptors (Lipinski definition) is 5. The van der Waals surface area contributed by atoms with E-state index in [-0.39, 0.29) is 17.5 Å². The van der Waals surface area contributed by atoms with E-state index in [0.29, 0.717) is 40.4 Å². The zero-order chi connectivity index (χ0) is 26.5. The number of nitrogens with one attached hydrogen (secondary N) is 1. The van der Waals surface area contributed by atoms with Crippen molar-refractivity contribution in [2.24, 2.45) is 5.92 Å². The van der Waals surface area contributed by atoms with Crippen molar-refractivity contribution in [2.75, 3.05) is 12.9 Å². The molecule has 2 aromatic carbocycles. The Morgan fingerprint density at radius 1 is 1.08 bits per heavy atom. The van der Waals surface area contributed by atoms with E-state index in [9.17, 15) is 17.6 Å². The Labute approximate surface area is 227 Å². The second kappa shape index (κ2) is 10.4. The molecule has 2 saturated heterocycles. The van der Waals surface area contributed by atoms with Crippen molar-refractivity contribution in [1.82, 2.24) is 9.62 Å². The predicted octanol–water partition coefficient (Wildman–Crippen LogP) is 6.08. The topological polar surface area (TPSA) is 75.7 Å². The van der Waals surface area contributed by atoms with Crippen molar-refractivity contribution in [3.05, 3.63) is 62.9 Å². The molecule has 0 spiro atoms. The van der Waals surface area contributed by atoms with E-state index in [1.807, 2.05) is 16.9 Å². The molecule has 6 nitrogen and oxygen atoms in total. The molecule has 0 aromatic heterocycles. The molecule has 0 unspecified atom stereocenters. The van der Waals surface area contributed by atoms with Crippen LogP contribution in [-0.4, -0.2) is 44.2 Å². The van der Waals surface area contributed by atoms with Gasteiger partial charge in [-0.1, -0.05) is 23.2 Å². The molecule has 4 atom stereocenters. The summed E-state index contributed by atoms with van der Waals surface area (Å²) in [6, 6.07) is 9.48. The summed E-state index contributed by atoms with van der Waals surface area (Å²) in [4.78, 5) is 14.9. The number of fused-ring (bicyclic) bond motifs is 2. The smallest absolute Gasteiger partial charge is 0.267 e. The monoisotopic (exact) mass is 568 g/mol. The van der Waals surface area contributed by atoms with Crippen molar-refractivity contribution in [1.29, 1.82) is 0 Å². The van der Waals surface area contributed by atoms with Crippen molar-refractivity contribution >= 4 is 39.1 Å². The molecule has 1 saturated carbocycles. The van der Waals surface area contributed by atoms with E-state index in [1.165, 1.54) is 12.1 Å². The van der Waals surface area contributed by atoms with E-state index in [4.69, 9.17) is 27.9 Å².